The van der Waals surface area contributed by atoms with Crippen LogP contribution in [0.4, 0.5) is 5.69 Å². The van der Waals surface area contributed by atoms with Crippen LogP contribution in [0.15, 0.2) is 29.3 Å². The number of amidine groups is 1. The minimum absolute atomic E-state index is 0.0549. The number of benzene rings is 1. The van der Waals surface area contributed by atoms with Crippen LogP contribution in [0.3, 0.4) is 0 Å². The Morgan fingerprint density at radius 1 is 1.22 bits per heavy atom. The van der Waals surface area contributed by atoms with E-state index in [0.717, 1.165) is 18.5 Å². The number of anilines is 1. The molecule has 23 heavy (non-hydrogen) atoms. The van der Waals surface area contributed by atoms with E-state index in [1.165, 1.54) is 11.8 Å². The average Bonchev–Trinajstić information content (AvgIpc) is 3.22. The van der Waals surface area contributed by atoms with E-state index < -0.39 is 9.84 Å². The van der Waals surface area contributed by atoms with E-state index in [4.69, 9.17) is 11.6 Å². The molecule has 8 heteroatoms. The van der Waals surface area contributed by atoms with Gasteiger partial charge in [-0.2, -0.15) is 4.99 Å². The number of carbonyl (C=O) groups is 1. The van der Waals surface area contributed by atoms with Crippen molar-refractivity contribution in [2.45, 2.75) is 24.1 Å². The van der Waals surface area contributed by atoms with Gasteiger partial charge < -0.3 is 4.90 Å². The summed E-state index contributed by atoms with van der Waals surface area (Å²) in [6.07, 6.45) is 1.81. The molecule has 1 aromatic rings. The van der Waals surface area contributed by atoms with E-state index in [2.05, 4.69) is 4.99 Å². The fourth-order valence-corrected chi connectivity index (χ4v) is 7.03. The molecule has 3 fully saturated rings. The maximum absolute atomic E-state index is 12.1. The number of nitrogens with zero attached hydrogens (tertiary/aromatic N) is 2. The lowest BCUT2D eigenvalue weighted by molar-refractivity contribution is -0.118. The van der Waals surface area contributed by atoms with Crippen LogP contribution in [0.25, 0.3) is 0 Å². The summed E-state index contributed by atoms with van der Waals surface area (Å²) in [4.78, 5) is 18.3. The predicted octanol–water partition coefficient (Wildman–Crippen LogP) is 2.35. The monoisotopic (exact) mass is 370 g/mol. The molecule has 1 amide bonds. The summed E-state index contributed by atoms with van der Waals surface area (Å²) < 4.78 is 23.9. The highest BCUT2D eigenvalue weighted by molar-refractivity contribution is 8.16. The molecule has 0 spiro atoms. The number of rotatable bonds is 2. The fourth-order valence-electron chi connectivity index (χ4n) is 2.98. The van der Waals surface area contributed by atoms with Crippen molar-refractivity contribution in [3.05, 3.63) is 29.3 Å². The number of halogens is 1. The van der Waals surface area contributed by atoms with Gasteiger partial charge in [-0.1, -0.05) is 23.4 Å². The standard InChI is InChI=1S/C15H15ClN2O3S2/c16-10-3-5-11(6-4-10)18-12-7-23(20,21)8-13(12)22-15(18)17-14(19)9-1-2-9/h3-6,9,12-13H,1-2,7-8H2/t12-,13+/m1/s1. The molecule has 4 rings (SSSR count). The molecule has 2 atom stereocenters. The number of carbonyl (C=O) groups excluding carboxylic acids is 1. The highest BCUT2D eigenvalue weighted by atomic mass is 35.5. The van der Waals surface area contributed by atoms with Crippen molar-refractivity contribution in [1.82, 2.24) is 0 Å². The van der Waals surface area contributed by atoms with Crippen molar-refractivity contribution in [2.75, 3.05) is 16.4 Å². The van der Waals surface area contributed by atoms with Crippen molar-refractivity contribution in [2.24, 2.45) is 10.9 Å². The molecule has 2 saturated heterocycles. The van der Waals surface area contributed by atoms with Crippen molar-refractivity contribution in [1.29, 1.82) is 0 Å². The number of hydrogen-bond acceptors (Lipinski definition) is 4. The smallest absolute Gasteiger partial charge is 0.251 e. The molecule has 1 aliphatic carbocycles. The molecule has 2 heterocycles. The Morgan fingerprint density at radius 2 is 1.91 bits per heavy atom. The van der Waals surface area contributed by atoms with Gasteiger partial charge in [0, 0.05) is 21.9 Å². The zero-order chi connectivity index (χ0) is 16.2. The van der Waals surface area contributed by atoms with Crippen LogP contribution in [-0.2, 0) is 14.6 Å². The third-order valence-corrected chi connectivity index (χ3v) is 7.77. The van der Waals surface area contributed by atoms with Crippen LogP contribution < -0.4 is 4.90 Å². The predicted molar refractivity (Wildman–Crippen MR) is 92.9 cm³/mol. The quantitative estimate of drug-likeness (QED) is 0.799. The minimum atomic E-state index is -3.04. The Hall–Kier alpha value is -1.05. The number of amides is 1. The number of fused-ring (bicyclic) bond motifs is 1. The zero-order valence-corrected chi connectivity index (χ0v) is 14.6. The maximum Gasteiger partial charge on any atom is 0.251 e. The van der Waals surface area contributed by atoms with E-state index in [9.17, 15) is 13.2 Å². The highest BCUT2D eigenvalue weighted by Gasteiger charge is 2.49. The maximum atomic E-state index is 12.1. The Labute approximate surface area is 144 Å². The zero-order valence-electron chi connectivity index (χ0n) is 12.2. The molecular formula is C15H15ClN2O3S2. The topological polar surface area (TPSA) is 66.8 Å². The minimum Gasteiger partial charge on any atom is -0.316 e. The van der Waals surface area contributed by atoms with Gasteiger partial charge in [-0.05, 0) is 37.1 Å². The highest BCUT2D eigenvalue weighted by Crippen LogP contribution is 2.41. The Morgan fingerprint density at radius 3 is 2.57 bits per heavy atom. The molecule has 0 unspecified atom stereocenters. The number of hydrogen-bond donors (Lipinski definition) is 0. The first-order chi connectivity index (χ1) is 10.9. The summed E-state index contributed by atoms with van der Waals surface area (Å²) in [5, 5.41) is 1.17. The summed E-state index contributed by atoms with van der Waals surface area (Å²) in [7, 11) is -3.04. The normalized spacial score (nSPS) is 30.7. The number of thioether (sulfide) groups is 1. The molecule has 0 radical (unpaired) electrons. The third-order valence-electron chi connectivity index (χ3n) is 4.30. The molecule has 2 aliphatic heterocycles. The van der Waals surface area contributed by atoms with E-state index in [1.807, 2.05) is 17.0 Å². The largest absolute Gasteiger partial charge is 0.316 e. The van der Waals surface area contributed by atoms with Gasteiger partial charge in [-0.15, -0.1) is 0 Å². The van der Waals surface area contributed by atoms with Gasteiger partial charge in [0.05, 0.1) is 17.5 Å². The van der Waals surface area contributed by atoms with Gasteiger partial charge in [-0.25, -0.2) is 8.42 Å². The van der Waals surface area contributed by atoms with Crippen LogP contribution in [-0.4, -0.2) is 42.3 Å². The first-order valence-electron chi connectivity index (χ1n) is 7.47. The van der Waals surface area contributed by atoms with E-state index in [-0.39, 0.29) is 34.6 Å². The van der Waals surface area contributed by atoms with Gasteiger partial charge in [-0.3, -0.25) is 4.79 Å². The van der Waals surface area contributed by atoms with Gasteiger partial charge in [0.15, 0.2) is 15.0 Å². The summed E-state index contributed by atoms with van der Waals surface area (Å²) >= 11 is 7.35. The molecule has 0 aromatic heterocycles. The average molecular weight is 371 g/mol. The second-order valence-electron chi connectivity index (χ2n) is 6.15. The summed E-state index contributed by atoms with van der Waals surface area (Å²) in [6, 6.07) is 7.04. The van der Waals surface area contributed by atoms with Gasteiger partial charge in [0.1, 0.15) is 0 Å². The molecule has 1 aromatic carbocycles. The fraction of sp³-hybridized carbons (Fsp3) is 0.467. The van der Waals surface area contributed by atoms with Crippen molar-refractivity contribution < 1.29 is 13.2 Å². The number of sulfone groups is 1. The second-order valence-corrected chi connectivity index (χ2v) is 9.95. The van der Waals surface area contributed by atoms with Crippen molar-refractivity contribution in [3.8, 4) is 0 Å². The van der Waals surface area contributed by atoms with Gasteiger partial charge >= 0.3 is 0 Å². The third kappa shape index (κ3) is 3.02. The summed E-state index contributed by atoms with van der Waals surface area (Å²) in [5.74, 6) is 0.209. The van der Waals surface area contributed by atoms with Crippen molar-refractivity contribution >= 4 is 50.0 Å². The van der Waals surface area contributed by atoms with E-state index in [1.54, 1.807) is 12.1 Å². The number of aliphatic imine (C=N–C) groups is 1. The Kier molecular flexibility index (Phi) is 3.70. The molecular weight excluding hydrogens is 356 g/mol. The van der Waals surface area contributed by atoms with Crippen LogP contribution in [0, 0.1) is 5.92 Å². The lowest BCUT2D eigenvalue weighted by Gasteiger charge is -2.24. The molecule has 0 N–H and O–H groups in total. The van der Waals surface area contributed by atoms with Crippen LogP contribution in [0.5, 0.6) is 0 Å². The molecule has 3 aliphatic rings. The van der Waals surface area contributed by atoms with Gasteiger partial charge in [0.2, 0.25) is 0 Å². The summed E-state index contributed by atoms with van der Waals surface area (Å²) in [5.41, 5.74) is 0.828. The summed E-state index contributed by atoms with van der Waals surface area (Å²) in [6.45, 7) is 0. The van der Waals surface area contributed by atoms with Crippen LogP contribution in [0.1, 0.15) is 12.8 Å². The second kappa shape index (κ2) is 5.50. The first-order valence-corrected chi connectivity index (χ1v) is 10.6. The molecule has 0 bridgehead atoms. The lowest BCUT2D eigenvalue weighted by atomic mass is 10.2. The molecule has 1 saturated carbocycles. The van der Waals surface area contributed by atoms with Crippen molar-refractivity contribution in [3.63, 3.8) is 0 Å². The van der Waals surface area contributed by atoms with E-state index in [0.29, 0.717) is 10.2 Å². The van der Waals surface area contributed by atoms with Crippen LogP contribution >= 0.6 is 23.4 Å². The first kappa shape index (κ1) is 15.5. The SMILES string of the molecule is O=C(N=C1S[C@H]2CS(=O)(=O)C[C@H]2N1c1ccc(Cl)cc1)C1CC1. The Balaban J connectivity index is 1.71. The van der Waals surface area contributed by atoms with Crippen LogP contribution in [0.2, 0.25) is 5.02 Å². The lowest BCUT2D eigenvalue weighted by Crippen LogP contribution is -2.37. The molecule has 122 valence electrons. The van der Waals surface area contributed by atoms with E-state index >= 15 is 0 Å². The van der Waals surface area contributed by atoms with Gasteiger partial charge in [0.25, 0.3) is 5.91 Å². The Bertz CT molecular complexity index is 787. The molecule has 5 nitrogen and oxygen atoms in total.